The molecule has 2 N–H and O–H groups in total. The molecule has 1 fully saturated rings. The number of hydrogen-bond acceptors (Lipinski definition) is 3. The first-order valence-corrected chi connectivity index (χ1v) is 6.22. The Morgan fingerprint density at radius 3 is 3.06 bits per heavy atom. The van der Waals surface area contributed by atoms with Gasteiger partial charge in [-0.3, -0.25) is 9.78 Å². The summed E-state index contributed by atoms with van der Waals surface area (Å²) in [6, 6.07) is 5.89. The summed E-state index contributed by atoms with van der Waals surface area (Å²) >= 11 is 0. The molecule has 0 spiro atoms. The molecule has 0 aromatic carbocycles. The Morgan fingerprint density at radius 2 is 2.41 bits per heavy atom. The maximum absolute atomic E-state index is 11.9. The van der Waals surface area contributed by atoms with Crippen molar-refractivity contribution in [3.8, 4) is 0 Å². The highest BCUT2D eigenvalue weighted by molar-refractivity contribution is 5.92. The van der Waals surface area contributed by atoms with Crippen LogP contribution in [0.4, 0.5) is 0 Å². The van der Waals surface area contributed by atoms with Gasteiger partial charge in [-0.1, -0.05) is 12.5 Å². The lowest BCUT2D eigenvalue weighted by molar-refractivity contribution is 0.0923. The summed E-state index contributed by atoms with van der Waals surface area (Å²) in [4.78, 5) is 15.9. The number of hydrogen-bond donors (Lipinski definition) is 2. The molecule has 1 aromatic heterocycles. The van der Waals surface area contributed by atoms with Crippen LogP contribution in [-0.4, -0.2) is 29.5 Å². The number of carbonyl (C=O) groups is 1. The van der Waals surface area contributed by atoms with Gasteiger partial charge in [0, 0.05) is 18.3 Å². The molecule has 92 valence electrons. The number of pyridine rings is 1. The average molecular weight is 233 g/mol. The van der Waals surface area contributed by atoms with Crippen LogP contribution in [0.1, 0.15) is 36.7 Å². The molecule has 0 bridgehead atoms. The fourth-order valence-electron chi connectivity index (χ4n) is 2.18. The summed E-state index contributed by atoms with van der Waals surface area (Å²) in [5, 5.41) is 6.44. The second-order valence-corrected chi connectivity index (χ2v) is 4.53. The first-order valence-electron chi connectivity index (χ1n) is 6.22. The molecular weight excluding hydrogens is 214 g/mol. The zero-order valence-corrected chi connectivity index (χ0v) is 10.1. The molecule has 0 aliphatic carbocycles. The van der Waals surface area contributed by atoms with Crippen molar-refractivity contribution in [3.05, 3.63) is 30.1 Å². The van der Waals surface area contributed by atoms with Gasteiger partial charge in [-0.25, -0.2) is 0 Å². The predicted molar refractivity (Wildman–Crippen MR) is 66.8 cm³/mol. The highest BCUT2D eigenvalue weighted by Crippen LogP contribution is 2.10. The lowest BCUT2D eigenvalue weighted by Crippen LogP contribution is -2.50. The normalized spacial score (nSPS) is 21.8. The van der Waals surface area contributed by atoms with Crippen LogP contribution >= 0.6 is 0 Å². The highest BCUT2D eigenvalue weighted by Gasteiger charge is 2.21. The Balaban J connectivity index is 1.89. The van der Waals surface area contributed by atoms with Crippen LogP contribution in [-0.2, 0) is 0 Å². The molecule has 1 saturated heterocycles. The van der Waals surface area contributed by atoms with Crippen LogP contribution in [0.15, 0.2) is 24.4 Å². The number of nitrogens with zero attached hydrogens (tertiary/aromatic N) is 1. The molecular formula is C13H19N3O. The standard InChI is InChI=1S/C13H19N3O/c1-10(11-6-2-4-8-14-11)16-13(17)12-7-3-5-9-15-12/h3,5,7,9-11,14H,2,4,6,8H2,1H3,(H,16,17)/t10-,11-/m0/s1. The van der Waals surface area contributed by atoms with Crippen molar-refractivity contribution in [3.63, 3.8) is 0 Å². The average Bonchev–Trinajstić information content (AvgIpc) is 2.40. The van der Waals surface area contributed by atoms with Gasteiger partial charge in [-0.15, -0.1) is 0 Å². The SMILES string of the molecule is C[C@H](NC(=O)c1ccccn1)[C@@H]1CCCCN1. The Hall–Kier alpha value is -1.42. The molecule has 2 rings (SSSR count). The van der Waals surface area contributed by atoms with Gasteiger partial charge in [0.15, 0.2) is 0 Å². The maximum atomic E-state index is 11.9. The molecule has 1 amide bonds. The molecule has 17 heavy (non-hydrogen) atoms. The van der Waals surface area contributed by atoms with E-state index in [1.807, 2.05) is 19.1 Å². The molecule has 1 aromatic rings. The lowest BCUT2D eigenvalue weighted by atomic mass is 9.99. The van der Waals surface area contributed by atoms with E-state index in [4.69, 9.17) is 0 Å². The van der Waals surface area contributed by atoms with Crippen LogP contribution in [0.3, 0.4) is 0 Å². The summed E-state index contributed by atoms with van der Waals surface area (Å²) in [5.74, 6) is -0.0922. The van der Waals surface area contributed by atoms with Crippen molar-refractivity contribution in [2.24, 2.45) is 0 Å². The third-order valence-corrected chi connectivity index (χ3v) is 3.21. The van der Waals surface area contributed by atoms with E-state index in [2.05, 4.69) is 15.6 Å². The van der Waals surface area contributed by atoms with Crippen LogP contribution < -0.4 is 10.6 Å². The molecule has 0 saturated carbocycles. The van der Waals surface area contributed by atoms with Gasteiger partial charge in [-0.2, -0.15) is 0 Å². The quantitative estimate of drug-likeness (QED) is 0.828. The zero-order chi connectivity index (χ0) is 12.1. The van der Waals surface area contributed by atoms with Crippen molar-refractivity contribution in [1.29, 1.82) is 0 Å². The summed E-state index contributed by atoms with van der Waals surface area (Å²) in [6.07, 6.45) is 5.24. The molecule has 4 heteroatoms. The number of amides is 1. The molecule has 0 radical (unpaired) electrons. The minimum Gasteiger partial charge on any atom is -0.347 e. The van der Waals surface area contributed by atoms with Gasteiger partial charge < -0.3 is 10.6 Å². The molecule has 0 unspecified atom stereocenters. The molecule has 1 aliphatic rings. The smallest absolute Gasteiger partial charge is 0.270 e. The first kappa shape index (κ1) is 12.0. The van der Waals surface area contributed by atoms with Crippen molar-refractivity contribution in [2.45, 2.75) is 38.3 Å². The Morgan fingerprint density at radius 1 is 1.53 bits per heavy atom. The van der Waals surface area contributed by atoms with Crippen molar-refractivity contribution < 1.29 is 4.79 Å². The largest absolute Gasteiger partial charge is 0.347 e. The van der Waals surface area contributed by atoms with E-state index in [0.717, 1.165) is 13.0 Å². The topological polar surface area (TPSA) is 54.0 Å². The van der Waals surface area contributed by atoms with Crippen LogP contribution in [0, 0.1) is 0 Å². The van der Waals surface area contributed by atoms with Crippen LogP contribution in [0.2, 0.25) is 0 Å². The fourth-order valence-corrected chi connectivity index (χ4v) is 2.18. The van der Waals surface area contributed by atoms with Crippen LogP contribution in [0.25, 0.3) is 0 Å². The van der Waals surface area contributed by atoms with Crippen molar-refractivity contribution >= 4 is 5.91 Å². The monoisotopic (exact) mass is 233 g/mol. The number of piperidine rings is 1. The van der Waals surface area contributed by atoms with Crippen LogP contribution in [0.5, 0.6) is 0 Å². The summed E-state index contributed by atoms with van der Waals surface area (Å²) in [5.41, 5.74) is 0.482. The number of nitrogens with one attached hydrogen (secondary N) is 2. The zero-order valence-electron chi connectivity index (χ0n) is 10.1. The van der Waals surface area contributed by atoms with Gasteiger partial charge in [0.25, 0.3) is 5.91 Å². The van der Waals surface area contributed by atoms with E-state index in [1.165, 1.54) is 12.8 Å². The van der Waals surface area contributed by atoms with E-state index < -0.39 is 0 Å². The number of carbonyl (C=O) groups excluding carboxylic acids is 1. The number of aromatic nitrogens is 1. The third-order valence-electron chi connectivity index (χ3n) is 3.21. The molecule has 2 heterocycles. The van der Waals surface area contributed by atoms with E-state index in [9.17, 15) is 4.79 Å². The second kappa shape index (κ2) is 5.77. The third kappa shape index (κ3) is 3.27. The van der Waals surface area contributed by atoms with Crippen molar-refractivity contribution in [1.82, 2.24) is 15.6 Å². The Bertz CT molecular complexity index is 360. The van der Waals surface area contributed by atoms with E-state index in [1.54, 1.807) is 12.3 Å². The summed E-state index contributed by atoms with van der Waals surface area (Å²) < 4.78 is 0. The van der Waals surface area contributed by atoms with Gasteiger partial charge in [0.2, 0.25) is 0 Å². The Labute approximate surface area is 102 Å². The summed E-state index contributed by atoms with van der Waals surface area (Å²) in [7, 11) is 0. The maximum Gasteiger partial charge on any atom is 0.270 e. The molecule has 2 atom stereocenters. The number of rotatable bonds is 3. The highest BCUT2D eigenvalue weighted by atomic mass is 16.1. The summed E-state index contributed by atoms with van der Waals surface area (Å²) in [6.45, 7) is 3.10. The fraction of sp³-hybridized carbons (Fsp3) is 0.538. The first-order chi connectivity index (χ1) is 8.27. The minimum absolute atomic E-state index is 0.0922. The Kier molecular flexibility index (Phi) is 4.09. The second-order valence-electron chi connectivity index (χ2n) is 4.53. The van der Waals surface area contributed by atoms with Gasteiger partial charge in [0.05, 0.1) is 0 Å². The van der Waals surface area contributed by atoms with E-state index in [-0.39, 0.29) is 11.9 Å². The van der Waals surface area contributed by atoms with Crippen molar-refractivity contribution in [2.75, 3.05) is 6.54 Å². The molecule has 4 nitrogen and oxygen atoms in total. The van der Waals surface area contributed by atoms with Gasteiger partial charge >= 0.3 is 0 Å². The minimum atomic E-state index is -0.0922. The van der Waals surface area contributed by atoms with E-state index in [0.29, 0.717) is 11.7 Å². The van der Waals surface area contributed by atoms with Gasteiger partial charge in [-0.05, 0) is 38.4 Å². The lowest BCUT2D eigenvalue weighted by Gasteiger charge is -2.29. The van der Waals surface area contributed by atoms with E-state index >= 15 is 0 Å². The predicted octanol–water partition coefficient (Wildman–Crippen LogP) is 1.34. The van der Waals surface area contributed by atoms with Gasteiger partial charge in [0.1, 0.15) is 5.69 Å². The molecule has 1 aliphatic heterocycles.